The molecule has 2 heterocycles. The number of rotatable bonds is 2. The van der Waals surface area contributed by atoms with Crippen LogP contribution in [0.5, 0.6) is 5.88 Å². The average Bonchev–Trinajstić information content (AvgIpc) is 2.78. The molecule has 0 aliphatic carbocycles. The van der Waals surface area contributed by atoms with Crippen molar-refractivity contribution in [3.05, 3.63) is 30.2 Å². The minimum Gasteiger partial charge on any atom is -0.481 e. The van der Waals surface area contributed by atoms with E-state index in [-0.39, 0.29) is 5.41 Å². The first-order valence-corrected chi connectivity index (χ1v) is 5.43. The first kappa shape index (κ1) is 11.6. The van der Waals surface area contributed by atoms with Crippen molar-refractivity contribution in [1.29, 1.82) is 0 Å². The van der Waals surface area contributed by atoms with Gasteiger partial charge in [0.15, 0.2) is 0 Å². The molecule has 0 aromatic carbocycles. The van der Waals surface area contributed by atoms with E-state index in [0.29, 0.717) is 11.8 Å². The lowest BCUT2D eigenvalue weighted by Crippen LogP contribution is -2.09. The Morgan fingerprint density at radius 3 is 2.65 bits per heavy atom. The van der Waals surface area contributed by atoms with Gasteiger partial charge in [0, 0.05) is 18.5 Å². The van der Waals surface area contributed by atoms with Crippen molar-refractivity contribution < 1.29 is 4.74 Å². The van der Waals surface area contributed by atoms with Crippen LogP contribution < -0.4 is 4.74 Å². The largest absolute Gasteiger partial charge is 0.481 e. The highest BCUT2D eigenvalue weighted by Crippen LogP contribution is 2.21. The van der Waals surface area contributed by atoms with Gasteiger partial charge in [0.25, 0.3) is 5.95 Å². The minimum absolute atomic E-state index is 0.0666. The number of methoxy groups -OCH3 is 1. The van der Waals surface area contributed by atoms with Crippen LogP contribution in [0, 0.1) is 0 Å². The molecule has 0 aliphatic rings. The molecule has 0 saturated carbocycles. The fourth-order valence-corrected chi connectivity index (χ4v) is 1.38. The Labute approximate surface area is 100 Å². The molecule has 2 aromatic heterocycles. The smallest absolute Gasteiger partial charge is 0.253 e. The first-order valence-electron chi connectivity index (χ1n) is 5.43. The summed E-state index contributed by atoms with van der Waals surface area (Å²) < 4.78 is 6.71. The third-order valence-corrected chi connectivity index (χ3v) is 2.48. The van der Waals surface area contributed by atoms with Crippen LogP contribution >= 0.6 is 0 Å². The number of hydrogen-bond donors (Lipinski definition) is 0. The van der Waals surface area contributed by atoms with Crippen LogP contribution in [0.1, 0.15) is 26.3 Å². The van der Waals surface area contributed by atoms with Gasteiger partial charge in [0.1, 0.15) is 0 Å². The molecule has 0 unspecified atom stereocenters. The number of nitrogens with zero attached hydrogens (tertiary/aromatic N) is 4. The number of aromatic nitrogens is 4. The third kappa shape index (κ3) is 2.43. The molecular formula is C12H16N4O. The van der Waals surface area contributed by atoms with E-state index < -0.39 is 0 Å². The van der Waals surface area contributed by atoms with Gasteiger partial charge < -0.3 is 4.74 Å². The van der Waals surface area contributed by atoms with Crippen molar-refractivity contribution in [2.24, 2.45) is 0 Å². The lowest BCUT2D eigenvalue weighted by atomic mass is 9.90. The fourth-order valence-electron chi connectivity index (χ4n) is 1.38. The molecule has 0 radical (unpaired) electrons. The van der Waals surface area contributed by atoms with Gasteiger partial charge in [-0.15, -0.1) is 0 Å². The second-order valence-corrected chi connectivity index (χ2v) is 4.82. The summed E-state index contributed by atoms with van der Waals surface area (Å²) in [5, 5.41) is 4.26. The average molecular weight is 232 g/mol. The molecule has 0 spiro atoms. The van der Waals surface area contributed by atoms with Crippen LogP contribution in [0.4, 0.5) is 0 Å². The number of ether oxygens (including phenoxy) is 1. The zero-order chi connectivity index (χ0) is 12.5. The molecule has 0 atom stereocenters. The Balaban J connectivity index is 2.37. The Morgan fingerprint density at radius 2 is 2.06 bits per heavy atom. The second-order valence-electron chi connectivity index (χ2n) is 4.82. The van der Waals surface area contributed by atoms with Crippen molar-refractivity contribution >= 4 is 0 Å². The van der Waals surface area contributed by atoms with Crippen LogP contribution in [-0.2, 0) is 5.41 Å². The molecule has 0 amide bonds. The maximum Gasteiger partial charge on any atom is 0.253 e. The molecule has 5 heteroatoms. The van der Waals surface area contributed by atoms with Crippen molar-refractivity contribution in [1.82, 2.24) is 19.7 Å². The van der Waals surface area contributed by atoms with E-state index in [2.05, 4.69) is 35.8 Å². The minimum atomic E-state index is 0.0666. The Hall–Kier alpha value is -1.91. The Bertz CT molecular complexity index is 513. The lowest BCUT2D eigenvalue weighted by molar-refractivity contribution is 0.395. The zero-order valence-corrected chi connectivity index (χ0v) is 10.5. The van der Waals surface area contributed by atoms with Crippen LogP contribution in [0.2, 0.25) is 0 Å². The molecule has 2 rings (SSSR count). The monoisotopic (exact) mass is 232 g/mol. The summed E-state index contributed by atoms with van der Waals surface area (Å²) in [6.07, 6.45) is 5.43. The molecule has 17 heavy (non-hydrogen) atoms. The predicted octanol–water partition coefficient (Wildman–Crippen LogP) is 1.97. The predicted molar refractivity (Wildman–Crippen MR) is 64.4 cm³/mol. The Kier molecular flexibility index (Phi) is 2.83. The van der Waals surface area contributed by atoms with Gasteiger partial charge in [-0.1, -0.05) is 20.8 Å². The highest BCUT2D eigenvalue weighted by atomic mass is 16.5. The lowest BCUT2D eigenvalue weighted by Gasteiger charge is -2.14. The number of hydrogen-bond acceptors (Lipinski definition) is 4. The molecule has 0 saturated heterocycles. The Morgan fingerprint density at radius 1 is 1.29 bits per heavy atom. The topological polar surface area (TPSA) is 52.8 Å². The fraction of sp³-hybridized carbons (Fsp3) is 0.417. The van der Waals surface area contributed by atoms with Crippen LogP contribution in [0.25, 0.3) is 5.95 Å². The van der Waals surface area contributed by atoms with Crippen molar-refractivity contribution in [2.45, 2.75) is 26.2 Å². The van der Waals surface area contributed by atoms with Gasteiger partial charge in [-0.2, -0.15) is 10.1 Å². The SMILES string of the molecule is COc1ccnc(-n2cc(C(C)(C)C)cn2)n1. The summed E-state index contributed by atoms with van der Waals surface area (Å²) in [7, 11) is 1.58. The van der Waals surface area contributed by atoms with E-state index in [9.17, 15) is 0 Å². The molecular weight excluding hydrogens is 216 g/mol. The molecule has 0 aliphatic heterocycles. The standard InChI is InChI=1S/C12H16N4O/c1-12(2,3)9-7-14-16(8-9)11-13-6-5-10(15-11)17-4/h5-8H,1-4H3. The van der Waals surface area contributed by atoms with Gasteiger partial charge >= 0.3 is 0 Å². The van der Waals surface area contributed by atoms with Crippen molar-refractivity contribution in [2.75, 3.05) is 7.11 Å². The summed E-state index contributed by atoms with van der Waals surface area (Å²) in [5.41, 5.74) is 1.21. The maximum absolute atomic E-state index is 5.06. The van der Waals surface area contributed by atoms with E-state index >= 15 is 0 Å². The molecule has 2 aromatic rings. The van der Waals surface area contributed by atoms with Gasteiger partial charge in [-0.3, -0.25) is 0 Å². The second kappa shape index (κ2) is 4.16. The summed E-state index contributed by atoms with van der Waals surface area (Å²) in [5.74, 6) is 1.04. The summed E-state index contributed by atoms with van der Waals surface area (Å²) in [4.78, 5) is 8.39. The van der Waals surface area contributed by atoms with E-state index in [1.165, 1.54) is 0 Å². The van der Waals surface area contributed by atoms with Crippen molar-refractivity contribution in [3.63, 3.8) is 0 Å². The zero-order valence-electron chi connectivity index (χ0n) is 10.5. The van der Waals surface area contributed by atoms with E-state index in [4.69, 9.17) is 4.74 Å². The summed E-state index contributed by atoms with van der Waals surface area (Å²) in [6.45, 7) is 6.42. The summed E-state index contributed by atoms with van der Waals surface area (Å²) in [6, 6.07) is 1.71. The summed E-state index contributed by atoms with van der Waals surface area (Å²) >= 11 is 0. The quantitative estimate of drug-likeness (QED) is 0.794. The van der Waals surface area contributed by atoms with Crippen LogP contribution in [0.3, 0.4) is 0 Å². The van der Waals surface area contributed by atoms with Crippen LogP contribution in [0.15, 0.2) is 24.7 Å². The van der Waals surface area contributed by atoms with E-state index in [0.717, 1.165) is 5.56 Å². The van der Waals surface area contributed by atoms with Gasteiger partial charge in [0.2, 0.25) is 5.88 Å². The van der Waals surface area contributed by atoms with Gasteiger partial charge in [-0.05, 0) is 11.0 Å². The molecule has 0 fully saturated rings. The molecule has 0 N–H and O–H groups in total. The molecule has 90 valence electrons. The highest BCUT2D eigenvalue weighted by molar-refractivity contribution is 5.22. The van der Waals surface area contributed by atoms with Gasteiger partial charge in [0.05, 0.1) is 13.3 Å². The van der Waals surface area contributed by atoms with E-state index in [1.54, 1.807) is 24.1 Å². The molecule has 0 bridgehead atoms. The third-order valence-electron chi connectivity index (χ3n) is 2.48. The van der Waals surface area contributed by atoms with Crippen LogP contribution in [-0.4, -0.2) is 26.9 Å². The van der Waals surface area contributed by atoms with Gasteiger partial charge in [-0.25, -0.2) is 9.67 Å². The van der Waals surface area contributed by atoms with E-state index in [1.807, 2.05) is 12.4 Å². The van der Waals surface area contributed by atoms with Crippen molar-refractivity contribution in [3.8, 4) is 11.8 Å². The maximum atomic E-state index is 5.06. The first-order chi connectivity index (χ1) is 8.00. The normalized spacial score (nSPS) is 11.5. The molecule has 5 nitrogen and oxygen atoms in total. The highest BCUT2D eigenvalue weighted by Gasteiger charge is 2.16.